The molecule has 0 aromatic heterocycles. The SMILES string of the molecule is O=C(C1COc2ccccc2C1)N(CCCl)CCCl. The molecule has 0 aliphatic carbocycles. The average molecular weight is 302 g/mol. The van der Waals surface area contributed by atoms with Crippen molar-refractivity contribution in [3.63, 3.8) is 0 Å². The third-order valence-electron chi connectivity index (χ3n) is 3.25. The molecule has 19 heavy (non-hydrogen) atoms. The van der Waals surface area contributed by atoms with Gasteiger partial charge in [0.05, 0.1) is 5.92 Å². The van der Waals surface area contributed by atoms with Crippen LogP contribution in [0, 0.1) is 5.92 Å². The van der Waals surface area contributed by atoms with Gasteiger partial charge in [-0.3, -0.25) is 4.79 Å². The molecule has 0 saturated carbocycles. The number of para-hydroxylation sites is 1. The summed E-state index contributed by atoms with van der Waals surface area (Å²) in [5, 5.41) is 0. The highest BCUT2D eigenvalue weighted by Crippen LogP contribution is 2.27. The minimum atomic E-state index is -0.138. The van der Waals surface area contributed by atoms with Gasteiger partial charge in [-0.05, 0) is 18.1 Å². The molecular weight excluding hydrogens is 285 g/mol. The first kappa shape index (κ1) is 14.5. The maximum Gasteiger partial charge on any atom is 0.229 e. The van der Waals surface area contributed by atoms with E-state index in [9.17, 15) is 4.79 Å². The van der Waals surface area contributed by atoms with Crippen molar-refractivity contribution in [1.82, 2.24) is 4.90 Å². The number of ether oxygens (including phenoxy) is 1. The molecule has 3 nitrogen and oxygen atoms in total. The maximum atomic E-state index is 12.4. The van der Waals surface area contributed by atoms with Gasteiger partial charge in [-0.1, -0.05) is 18.2 Å². The number of rotatable bonds is 5. The van der Waals surface area contributed by atoms with Crippen molar-refractivity contribution in [2.75, 3.05) is 31.5 Å². The van der Waals surface area contributed by atoms with Gasteiger partial charge >= 0.3 is 0 Å². The molecule has 1 unspecified atom stereocenters. The van der Waals surface area contributed by atoms with Crippen molar-refractivity contribution in [1.29, 1.82) is 0 Å². The van der Waals surface area contributed by atoms with Crippen LogP contribution in [0.3, 0.4) is 0 Å². The van der Waals surface area contributed by atoms with Gasteiger partial charge in [0.1, 0.15) is 12.4 Å². The number of hydrogen-bond donors (Lipinski definition) is 0. The van der Waals surface area contributed by atoms with Crippen LogP contribution in [0.4, 0.5) is 0 Å². The molecule has 0 N–H and O–H groups in total. The van der Waals surface area contributed by atoms with Crippen LogP contribution in [0.2, 0.25) is 0 Å². The number of fused-ring (bicyclic) bond motifs is 1. The van der Waals surface area contributed by atoms with Crippen LogP contribution < -0.4 is 4.74 Å². The Balaban J connectivity index is 2.04. The second-order valence-corrected chi connectivity index (χ2v) is 5.28. The summed E-state index contributed by atoms with van der Waals surface area (Å²) in [5.74, 6) is 1.67. The fraction of sp³-hybridized carbons (Fsp3) is 0.500. The Kier molecular flexibility index (Phi) is 5.34. The fourth-order valence-electron chi connectivity index (χ4n) is 2.28. The maximum absolute atomic E-state index is 12.4. The van der Waals surface area contributed by atoms with E-state index >= 15 is 0 Å². The van der Waals surface area contributed by atoms with Crippen molar-refractivity contribution in [2.45, 2.75) is 6.42 Å². The van der Waals surface area contributed by atoms with E-state index in [-0.39, 0.29) is 11.8 Å². The monoisotopic (exact) mass is 301 g/mol. The molecule has 1 atom stereocenters. The molecule has 0 fully saturated rings. The van der Waals surface area contributed by atoms with Gasteiger partial charge in [-0.15, -0.1) is 23.2 Å². The third-order valence-corrected chi connectivity index (χ3v) is 3.59. The zero-order valence-electron chi connectivity index (χ0n) is 10.6. The van der Waals surface area contributed by atoms with Gasteiger partial charge in [0.2, 0.25) is 5.91 Å². The number of benzene rings is 1. The fourth-order valence-corrected chi connectivity index (χ4v) is 2.69. The van der Waals surface area contributed by atoms with Gasteiger partial charge in [0, 0.05) is 24.8 Å². The van der Waals surface area contributed by atoms with Gasteiger partial charge < -0.3 is 9.64 Å². The predicted molar refractivity (Wildman–Crippen MR) is 77.2 cm³/mol. The van der Waals surface area contributed by atoms with Gasteiger partial charge in [0.15, 0.2) is 0 Å². The summed E-state index contributed by atoms with van der Waals surface area (Å²) in [5.41, 5.74) is 1.09. The average Bonchev–Trinajstić information content (AvgIpc) is 2.46. The van der Waals surface area contributed by atoms with Gasteiger partial charge in [0.25, 0.3) is 0 Å². The zero-order valence-corrected chi connectivity index (χ0v) is 12.2. The van der Waals surface area contributed by atoms with Gasteiger partial charge in [-0.2, -0.15) is 0 Å². The second-order valence-electron chi connectivity index (χ2n) is 4.52. The van der Waals surface area contributed by atoms with Crippen LogP contribution in [-0.2, 0) is 11.2 Å². The van der Waals surface area contributed by atoms with Gasteiger partial charge in [-0.25, -0.2) is 0 Å². The van der Waals surface area contributed by atoms with Crippen molar-refractivity contribution in [2.24, 2.45) is 5.92 Å². The van der Waals surface area contributed by atoms with Crippen molar-refractivity contribution in [3.8, 4) is 5.75 Å². The number of hydrogen-bond acceptors (Lipinski definition) is 2. The lowest BCUT2D eigenvalue weighted by atomic mass is 9.95. The summed E-state index contributed by atoms with van der Waals surface area (Å²) in [6, 6.07) is 7.84. The molecule has 1 aliphatic heterocycles. The zero-order chi connectivity index (χ0) is 13.7. The molecule has 1 aromatic rings. The van der Waals surface area contributed by atoms with Crippen molar-refractivity contribution < 1.29 is 9.53 Å². The van der Waals surface area contributed by atoms with E-state index in [4.69, 9.17) is 27.9 Å². The minimum absolute atomic E-state index is 0.0794. The molecule has 0 radical (unpaired) electrons. The molecular formula is C14H17Cl2NO2. The third kappa shape index (κ3) is 3.54. The van der Waals surface area contributed by atoms with E-state index < -0.39 is 0 Å². The molecule has 1 aromatic carbocycles. The standard InChI is InChI=1S/C14H17Cl2NO2/c15-5-7-17(8-6-16)14(18)12-9-11-3-1-2-4-13(11)19-10-12/h1-4,12H,5-10H2. The molecule has 5 heteroatoms. The Hall–Kier alpha value is -0.930. The first-order valence-corrected chi connectivity index (χ1v) is 7.44. The summed E-state index contributed by atoms with van der Waals surface area (Å²) in [6.07, 6.45) is 0.718. The summed E-state index contributed by atoms with van der Waals surface area (Å²) >= 11 is 11.5. The Morgan fingerprint density at radius 3 is 2.63 bits per heavy atom. The van der Waals surface area contributed by atoms with Crippen LogP contribution in [0.1, 0.15) is 5.56 Å². The lowest BCUT2D eigenvalue weighted by Gasteiger charge is -2.29. The smallest absolute Gasteiger partial charge is 0.229 e. The molecule has 2 rings (SSSR count). The normalized spacial score (nSPS) is 17.5. The predicted octanol–water partition coefficient (Wildman–Crippen LogP) is 2.54. The summed E-state index contributed by atoms with van der Waals surface area (Å²) in [7, 11) is 0. The van der Waals surface area contributed by atoms with E-state index in [2.05, 4.69) is 0 Å². The number of carbonyl (C=O) groups excluding carboxylic acids is 1. The first-order valence-electron chi connectivity index (χ1n) is 6.37. The summed E-state index contributed by atoms with van der Waals surface area (Å²) in [6.45, 7) is 1.49. The highest BCUT2D eigenvalue weighted by Gasteiger charge is 2.28. The minimum Gasteiger partial charge on any atom is -0.492 e. The van der Waals surface area contributed by atoms with E-state index in [0.717, 1.165) is 17.7 Å². The number of halogens is 2. The second kappa shape index (κ2) is 7.01. The topological polar surface area (TPSA) is 29.5 Å². The van der Waals surface area contributed by atoms with E-state index in [1.54, 1.807) is 4.90 Å². The Labute approximate surface area is 123 Å². The highest BCUT2D eigenvalue weighted by atomic mass is 35.5. The van der Waals surface area contributed by atoms with Crippen LogP contribution in [0.15, 0.2) is 24.3 Å². The largest absolute Gasteiger partial charge is 0.492 e. The first-order chi connectivity index (χ1) is 9.26. The Morgan fingerprint density at radius 1 is 1.26 bits per heavy atom. The molecule has 0 saturated heterocycles. The number of carbonyl (C=O) groups is 1. The van der Waals surface area contributed by atoms with E-state index in [1.165, 1.54) is 0 Å². The Bertz CT molecular complexity index is 433. The Morgan fingerprint density at radius 2 is 1.95 bits per heavy atom. The molecule has 0 bridgehead atoms. The van der Waals surface area contributed by atoms with Crippen molar-refractivity contribution in [3.05, 3.63) is 29.8 Å². The lowest BCUT2D eigenvalue weighted by Crippen LogP contribution is -2.42. The summed E-state index contributed by atoms with van der Waals surface area (Å²) in [4.78, 5) is 14.1. The number of nitrogens with zero attached hydrogens (tertiary/aromatic N) is 1. The molecule has 1 heterocycles. The molecule has 1 aliphatic rings. The summed E-state index contributed by atoms with van der Waals surface area (Å²) < 4.78 is 5.65. The molecule has 1 amide bonds. The van der Waals surface area contributed by atoms with Crippen LogP contribution in [0.25, 0.3) is 0 Å². The van der Waals surface area contributed by atoms with E-state index in [0.29, 0.717) is 31.5 Å². The van der Waals surface area contributed by atoms with Crippen LogP contribution >= 0.6 is 23.2 Å². The quantitative estimate of drug-likeness (QED) is 0.782. The van der Waals surface area contributed by atoms with Crippen LogP contribution in [-0.4, -0.2) is 42.3 Å². The number of alkyl halides is 2. The molecule has 0 spiro atoms. The van der Waals surface area contributed by atoms with Crippen molar-refractivity contribution >= 4 is 29.1 Å². The highest BCUT2D eigenvalue weighted by molar-refractivity contribution is 6.18. The number of amides is 1. The lowest BCUT2D eigenvalue weighted by molar-refractivity contribution is -0.136. The molecule has 104 valence electrons. The van der Waals surface area contributed by atoms with Crippen LogP contribution in [0.5, 0.6) is 5.75 Å². The van der Waals surface area contributed by atoms with E-state index in [1.807, 2.05) is 24.3 Å².